The van der Waals surface area contributed by atoms with Crippen molar-refractivity contribution in [2.24, 2.45) is 13.0 Å². The number of hydrogen-bond donors (Lipinski definition) is 1. The lowest BCUT2D eigenvalue weighted by atomic mass is 10.0. The van der Waals surface area contributed by atoms with Crippen LogP contribution < -0.4 is 5.32 Å². The lowest BCUT2D eigenvalue weighted by Gasteiger charge is -2.19. The molecule has 0 bridgehead atoms. The summed E-state index contributed by atoms with van der Waals surface area (Å²) in [6.45, 7) is 9.93. The summed E-state index contributed by atoms with van der Waals surface area (Å²) in [4.78, 5) is 0. The topological polar surface area (TPSA) is 29.9 Å². The van der Waals surface area contributed by atoms with Crippen LogP contribution in [0.2, 0.25) is 0 Å². The quantitative estimate of drug-likeness (QED) is 0.802. The predicted octanol–water partition coefficient (Wildman–Crippen LogP) is 2.30. The lowest BCUT2D eigenvalue weighted by Crippen LogP contribution is -2.33. The fraction of sp³-hybridized carbons (Fsp3) is 0.769. The minimum absolute atomic E-state index is 0.599. The Labute approximate surface area is 99.2 Å². The van der Waals surface area contributed by atoms with Gasteiger partial charge < -0.3 is 5.32 Å². The molecule has 2 unspecified atom stereocenters. The highest BCUT2D eigenvalue weighted by atomic mass is 15.2. The molecular formula is C13H25N3. The minimum atomic E-state index is 0.599. The van der Waals surface area contributed by atoms with Gasteiger partial charge in [-0.15, -0.1) is 0 Å². The summed E-state index contributed by atoms with van der Waals surface area (Å²) in [5.41, 5.74) is 2.51. The van der Waals surface area contributed by atoms with E-state index in [2.05, 4.69) is 44.3 Å². The highest BCUT2D eigenvalue weighted by Gasteiger charge is 2.09. The maximum absolute atomic E-state index is 4.35. The molecule has 92 valence electrons. The normalized spacial score (nSPS) is 15.1. The van der Waals surface area contributed by atoms with Crippen molar-refractivity contribution in [2.75, 3.05) is 6.54 Å². The van der Waals surface area contributed by atoms with Gasteiger partial charge in [-0.05, 0) is 38.3 Å². The molecule has 1 aromatic heterocycles. The monoisotopic (exact) mass is 223 g/mol. The Morgan fingerprint density at radius 2 is 2.12 bits per heavy atom. The molecule has 0 aromatic carbocycles. The number of nitrogens with one attached hydrogen (secondary N) is 1. The molecule has 0 aliphatic heterocycles. The van der Waals surface area contributed by atoms with E-state index in [-0.39, 0.29) is 0 Å². The first-order chi connectivity index (χ1) is 7.54. The Balaban J connectivity index is 2.33. The van der Waals surface area contributed by atoms with Crippen LogP contribution in [-0.4, -0.2) is 22.4 Å². The largest absolute Gasteiger partial charge is 0.314 e. The summed E-state index contributed by atoms with van der Waals surface area (Å²) >= 11 is 0. The molecule has 0 saturated heterocycles. The molecule has 2 atom stereocenters. The van der Waals surface area contributed by atoms with Crippen molar-refractivity contribution in [3.05, 3.63) is 17.5 Å². The highest BCUT2D eigenvalue weighted by molar-refractivity contribution is 5.15. The summed E-state index contributed by atoms with van der Waals surface area (Å²) in [5, 5.41) is 7.93. The fourth-order valence-electron chi connectivity index (χ4n) is 1.88. The Morgan fingerprint density at radius 3 is 2.62 bits per heavy atom. The van der Waals surface area contributed by atoms with Crippen LogP contribution in [0.25, 0.3) is 0 Å². The number of aryl methyl sites for hydroxylation is 2. The molecule has 1 aromatic rings. The van der Waals surface area contributed by atoms with Crippen molar-refractivity contribution >= 4 is 0 Å². The van der Waals surface area contributed by atoms with Gasteiger partial charge in [-0.25, -0.2) is 0 Å². The molecular weight excluding hydrogens is 198 g/mol. The zero-order chi connectivity index (χ0) is 12.1. The minimum Gasteiger partial charge on any atom is -0.314 e. The molecule has 0 aliphatic carbocycles. The average Bonchev–Trinajstić information content (AvgIpc) is 2.56. The lowest BCUT2D eigenvalue weighted by molar-refractivity contribution is 0.393. The molecule has 3 nitrogen and oxygen atoms in total. The van der Waals surface area contributed by atoms with Crippen LogP contribution in [0.3, 0.4) is 0 Å². The molecule has 0 fully saturated rings. The van der Waals surface area contributed by atoms with E-state index in [4.69, 9.17) is 0 Å². The number of nitrogens with zero attached hydrogens (tertiary/aromatic N) is 2. The van der Waals surface area contributed by atoms with Crippen LogP contribution in [0.15, 0.2) is 6.20 Å². The van der Waals surface area contributed by atoms with Crippen LogP contribution in [0.1, 0.15) is 38.4 Å². The van der Waals surface area contributed by atoms with E-state index in [1.54, 1.807) is 0 Å². The summed E-state index contributed by atoms with van der Waals surface area (Å²) < 4.78 is 1.89. The van der Waals surface area contributed by atoms with E-state index in [1.807, 2.05) is 11.7 Å². The first-order valence-electron chi connectivity index (χ1n) is 6.27. The third-order valence-corrected chi connectivity index (χ3v) is 3.47. The second kappa shape index (κ2) is 6.04. The average molecular weight is 223 g/mol. The van der Waals surface area contributed by atoms with Crippen molar-refractivity contribution < 1.29 is 0 Å². The van der Waals surface area contributed by atoms with Gasteiger partial charge in [0, 0.05) is 19.3 Å². The van der Waals surface area contributed by atoms with Gasteiger partial charge in [0.05, 0.1) is 5.69 Å². The van der Waals surface area contributed by atoms with E-state index >= 15 is 0 Å². The zero-order valence-corrected chi connectivity index (χ0v) is 11.2. The van der Waals surface area contributed by atoms with E-state index in [9.17, 15) is 0 Å². The molecule has 0 saturated carbocycles. The SMILES string of the molecule is CCC(C)C(C)NCCc1cn(C)nc1C. The van der Waals surface area contributed by atoms with E-state index in [0.717, 1.165) is 24.6 Å². The third kappa shape index (κ3) is 3.63. The van der Waals surface area contributed by atoms with Gasteiger partial charge in [-0.2, -0.15) is 5.10 Å². The van der Waals surface area contributed by atoms with Gasteiger partial charge in [0.1, 0.15) is 0 Å². The molecule has 0 aliphatic rings. The Morgan fingerprint density at radius 1 is 1.44 bits per heavy atom. The fourth-order valence-corrected chi connectivity index (χ4v) is 1.88. The van der Waals surface area contributed by atoms with Crippen molar-refractivity contribution in [3.8, 4) is 0 Å². The maximum Gasteiger partial charge on any atom is 0.0626 e. The predicted molar refractivity (Wildman–Crippen MR) is 68.6 cm³/mol. The molecule has 0 radical (unpaired) electrons. The molecule has 16 heavy (non-hydrogen) atoms. The van der Waals surface area contributed by atoms with Crippen LogP contribution in [0.5, 0.6) is 0 Å². The Hall–Kier alpha value is -0.830. The van der Waals surface area contributed by atoms with Crippen molar-refractivity contribution in [1.29, 1.82) is 0 Å². The van der Waals surface area contributed by atoms with Crippen molar-refractivity contribution in [3.63, 3.8) is 0 Å². The standard InChI is InChI=1S/C13H25N3/c1-6-10(2)11(3)14-8-7-13-9-16(5)15-12(13)4/h9-11,14H,6-8H2,1-5H3. The van der Waals surface area contributed by atoms with Gasteiger partial charge in [-0.3, -0.25) is 4.68 Å². The molecule has 0 amide bonds. The Bertz CT molecular complexity index is 317. The third-order valence-electron chi connectivity index (χ3n) is 3.47. The molecule has 1 N–H and O–H groups in total. The second-order valence-corrected chi connectivity index (χ2v) is 4.79. The summed E-state index contributed by atoms with van der Waals surface area (Å²) in [6.07, 6.45) is 4.42. The van der Waals surface area contributed by atoms with E-state index < -0.39 is 0 Å². The van der Waals surface area contributed by atoms with Gasteiger partial charge in [0.15, 0.2) is 0 Å². The van der Waals surface area contributed by atoms with Crippen LogP contribution in [0.4, 0.5) is 0 Å². The second-order valence-electron chi connectivity index (χ2n) is 4.79. The Kier molecular flexibility index (Phi) is 5.00. The number of hydrogen-bond acceptors (Lipinski definition) is 2. The smallest absolute Gasteiger partial charge is 0.0626 e. The molecule has 0 spiro atoms. The van der Waals surface area contributed by atoms with Gasteiger partial charge >= 0.3 is 0 Å². The van der Waals surface area contributed by atoms with E-state index in [0.29, 0.717) is 6.04 Å². The number of rotatable bonds is 6. The molecule has 1 rings (SSSR count). The van der Waals surface area contributed by atoms with Gasteiger partial charge in [-0.1, -0.05) is 20.3 Å². The van der Waals surface area contributed by atoms with Crippen LogP contribution in [-0.2, 0) is 13.5 Å². The highest BCUT2D eigenvalue weighted by Crippen LogP contribution is 2.08. The number of aromatic nitrogens is 2. The first-order valence-corrected chi connectivity index (χ1v) is 6.27. The summed E-state index contributed by atoms with van der Waals surface area (Å²) in [7, 11) is 1.98. The van der Waals surface area contributed by atoms with Gasteiger partial charge in [0.25, 0.3) is 0 Å². The summed E-state index contributed by atoms with van der Waals surface area (Å²) in [5.74, 6) is 0.745. The first kappa shape index (κ1) is 13.2. The van der Waals surface area contributed by atoms with Crippen molar-refractivity contribution in [2.45, 2.75) is 46.6 Å². The van der Waals surface area contributed by atoms with Gasteiger partial charge in [0.2, 0.25) is 0 Å². The summed E-state index contributed by atoms with van der Waals surface area (Å²) in [6, 6.07) is 0.599. The molecule has 3 heteroatoms. The maximum atomic E-state index is 4.35. The van der Waals surface area contributed by atoms with E-state index in [1.165, 1.54) is 12.0 Å². The molecule has 1 heterocycles. The van der Waals surface area contributed by atoms with Crippen molar-refractivity contribution in [1.82, 2.24) is 15.1 Å². The zero-order valence-electron chi connectivity index (χ0n) is 11.2. The van der Waals surface area contributed by atoms with Crippen LogP contribution in [0, 0.1) is 12.8 Å². The van der Waals surface area contributed by atoms with Crippen LogP contribution >= 0.6 is 0 Å².